The van der Waals surface area contributed by atoms with Crippen molar-refractivity contribution in [2.24, 2.45) is 0 Å². The molecule has 1 aromatic heterocycles. The Morgan fingerprint density at radius 1 is 1.20 bits per heavy atom. The Labute approximate surface area is 149 Å². The van der Waals surface area contributed by atoms with Gasteiger partial charge >= 0.3 is 0 Å². The molecule has 6 heteroatoms. The number of nitrogens with zero attached hydrogens (tertiary/aromatic N) is 2. The van der Waals surface area contributed by atoms with Crippen molar-refractivity contribution in [2.75, 3.05) is 0 Å². The number of benzene rings is 2. The Kier molecular flexibility index (Phi) is 4.82. The molecular weight excluding hydrogens is 338 g/mol. The van der Waals surface area contributed by atoms with E-state index in [-0.39, 0.29) is 5.56 Å². The fourth-order valence-electron chi connectivity index (χ4n) is 2.42. The predicted molar refractivity (Wildman–Crippen MR) is 95.1 cm³/mol. The Morgan fingerprint density at radius 3 is 2.76 bits per heavy atom. The van der Waals surface area contributed by atoms with Crippen LogP contribution in [0.3, 0.4) is 0 Å². The van der Waals surface area contributed by atoms with E-state index in [1.54, 1.807) is 24.3 Å². The molecule has 1 N–H and O–H groups in total. The van der Waals surface area contributed by atoms with Gasteiger partial charge in [0.15, 0.2) is 0 Å². The van der Waals surface area contributed by atoms with E-state index < -0.39 is 0 Å². The van der Waals surface area contributed by atoms with Crippen LogP contribution >= 0.6 is 11.6 Å². The van der Waals surface area contributed by atoms with Gasteiger partial charge in [-0.2, -0.15) is 10.4 Å². The third-order valence-electron chi connectivity index (χ3n) is 3.53. The van der Waals surface area contributed by atoms with Gasteiger partial charge in [0.1, 0.15) is 11.5 Å². The number of hydrogen-bond acceptors (Lipinski definition) is 4. The molecule has 0 unspecified atom stereocenters. The molecule has 0 aliphatic heterocycles. The zero-order valence-corrected chi connectivity index (χ0v) is 14.2. The first-order valence-electron chi connectivity index (χ1n) is 7.56. The van der Waals surface area contributed by atoms with Crippen LogP contribution in [0.4, 0.5) is 0 Å². The van der Waals surface area contributed by atoms with Crippen LogP contribution in [-0.2, 0) is 6.42 Å². The quantitative estimate of drug-likeness (QED) is 0.770. The van der Waals surface area contributed by atoms with E-state index in [2.05, 4.69) is 16.3 Å². The van der Waals surface area contributed by atoms with Gasteiger partial charge in [0.2, 0.25) is 0 Å². The lowest BCUT2D eigenvalue weighted by molar-refractivity contribution is 0.482. The normalized spacial score (nSPS) is 10.3. The maximum absolute atomic E-state index is 11.1. The zero-order valence-electron chi connectivity index (χ0n) is 13.4. The van der Waals surface area contributed by atoms with Gasteiger partial charge in [-0.25, -0.2) is 5.10 Å². The van der Waals surface area contributed by atoms with Gasteiger partial charge in [-0.3, -0.25) is 4.79 Å². The second kappa shape index (κ2) is 7.20. The van der Waals surface area contributed by atoms with Crippen LogP contribution in [0.5, 0.6) is 11.5 Å². The molecule has 5 nitrogen and oxygen atoms in total. The summed E-state index contributed by atoms with van der Waals surface area (Å²) in [6.45, 7) is 1.90. The highest BCUT2D eigenvalue weighted by atomic mass is 35.5. The highest BCUT2D eigenvalue weighted by Gasteiger charge is 2.08. The molecule has 0 fully saturated rings. The van der Waals surface area contributed by atoms with Crippen molar-refractivity contribution in [2.45, 2.75) is 13.3 Å². The molecule has 0 amide bonds. The summed E-state index contributed by atoms with van der Waals surface area (Å²) >= 11 is 6.23. The number of hydrogen-bond donors (Lipinski definition) is 1. The van der Waals surface area contributed by atoms with Crippen molar-refractivity contribution in [1.29, 1.82) is 5.26 Å². The minimum atomic E-state index is -0.239. The van der Waals surface area contributed by atoms with Gasteiger partial charge in [0.05, 0.1) is 22.3 Å². The first-order chi connectivity index (χ1) is 12.0. The Balaban J connectivity index is 1.87. The standard InChI is InChI=1S/C19H14ClN3O2/c1-12-6-14(11-21)9-16(7-12)25-18-10-13(2-4-17(18)20)8-15-3-5-19(24)23-22-15/h2-7,9-10H,8H2,1H3,(H,23,24). The van der Waals surface area contributed by atoms with Crippen molar-refractivity contribution in [3.05, 3.63) is 86.3 Å². The fraction of sp³-hybridized carbons (Fsp3) is 0.105. The number of ether oxygens (including phenoxy) is 1. The summed E-state index contributed by atoms with van der Waals surface area (Å²) in [5.74, 6) is 1.05. The van der Waals surface area contributed by atoms with E-state index in [1.807, 2.05) is 25.1 Å². The van der Waals surface area contributed by atoms with Gasteiger partial charge in [0.25, 0.3) is 5.56 Å². The largest absolute Gasteiger partial charge is 0.456 e. The second-order valence-electron chi connectivity index (χ2n) is 5.60. The maximum Gasteiger partial charge on any atom is 0.264 e. The molecule has 0 atom stereocenters. The minimum Gasteiger partial charge on any atom is -0.456 e. The molecule has 0 aliphatic carbocycles. The van der Waals surface area contributed by atoms with E-state index in [9.17, 15) is 4.79 Å². The Morgan fingerprint density at radius 2 is 2.04 bits per heavy atom. The molecule has 0 spiro atoms. The summed E-state index contributed by atoms with van der Waals surface area (Å²) in [6, 6.07) is 16.0. The molecule has 0 radical (unpaired) electrons. The summed E-state index contributed by atoms with van der Waals surface area (Å²) in [4.78, 5) is 11.1. The number of rotatable bonds is 4. The SMILES string of the molecule is Cc1cc(C#N)cc(Oc2cc(Cc3ccc(=O)[nH]n3)ccc2Cl)c1. The summed E-state index contributed by atoms with van der Waals surface area (Å²) < 4.78 is 5.87. The monoisotopic (exact) mass is 351 g/mol. The number of halogens is 1. The molecule has 25 heavy (non-hydrogen) atoms. The van der Waals surface area contributed by atoms with Crippen molar-refractivity contribution in [3.8, 4) is 17.6 Å². The highest BCUT2D eigenvalue weighted by Crippen LogP contribution is 2.31. The van der Waals surface area contributed by atoms with Gasteiger partial charge < -0.3 is 4.74 Å². The summed E-state index contributed by atoms with van der Waals surface area (Å²) in [5.41, 5.74) is 2.89. The van der Waals surface area contributed by atoms with Crippen LogP contribution in [0.2, 0.25) is 5.02 Å². The van der Waals surface area contributed by atoms with Gasteiger partial charge in [-0.1, -0.05) is 17.7 Å². The molecule has 3 rings (SSSR count). The predicted octanol–water partition coefficient (Wildman–Crippen LogP) is 3.99. The molecule has 0 saturated heterocycles. The third-order valence-corrected chi connectivity index (χ3v) is 3.84. The van der Waals surface area contributed by atoms with Gasteiger partial charge in [-0.15, -0.1) is 0 Å². The van der Waals surface area contributed by atoms with Crippen LogP contribution in [0.25, 0.3) is 0 Å². The van der Waals surface area contributed by atoms with Crippen LogP contribution in [-0.4, -0.2) is 10.2 Å². The van der Waals surface area contributed by atoms with Crippen LogP contribution in [0, 0.1) is 18.3 Å². The van der Waals surface area contributed by atoms with E-state index in [0.717, 1.165) is 16.8 Å². The second-order valence-corrected chi connectivity index (χ2v) is 6.01. The molecule has 0 aliphatic rings. The first-order valence-corrected chi connectivity index (χ1v) is 7.94. The third kappa shape index (κ3) is 4.25. The van der Waals surface area contributed by atoms with Crippen molar-refractivity contribution >= 4 is 11.6 Å². The lowest BCUT2D eigenvalue weighted by Gasteiger charge is -2.10. The molecule has 3 aromatic rings. The molecule has 124 valence electrons. The first kappa shape index (κ1) is 16.7. The van der Waals surface area contributed by atoms with Crippen molar-refractivity contribution in [3.63, 3.8) is 0 Å². The average molecular weight is 352 g/mol. The van der Waals surface area contributed by atoms with Crippen LogP contribution in [0.15, 0.2) is 53.3 Å². The maximum atomic E-state index is 11.1. The minimum absolute atomic E-state index is 0.239. The lowest BCUT2D eigenvalue weighted by Crippen LogP contribution is -2.07. The number of nitriles is 1. The van der Waals surface area contributed by atoms with E-state index in [1.165, 1.54) is 6.07 Å². The van der Waals surface area contributed by atoms with E-state index in [0.29, 0.717) is 28.5 Å². The average Bonchev–Trinajstić information content (AvgIpc) is 2.59. The molecule has 2 aromatic carbocycles. The summed E-state index contributed by atoms with van der Waals surface area (Å²) in [7, 11) is 0. The number of nitrogens with one attached hydrogen (secondary N) is 1. The van der Waals surface area contributed by atoms with Crippen molar-refractivity contribution < 1.29 is 4.74 Å². The van der Waals surface area contributed by atoms with Crippen LogP contribution in [0.1, 0.15) is 22.4 Å². The summed E-state index contributed by atoms with van der Waals surface area (Å²) in [5, 5.41) is 15.9. The van der Waals surface area contributed by atoms with Gasteiger partial charge in [-0.05, 0) is 54.4 Å². The fourth-order valence-corrected chi connectivity index (χ4v) is 2.57. The topological polar surface area (TPSA) is 78.8 Å². The zero-order chi connectivity index (χ0) is 17.8. The number of aryl methyl sites for hydroxylation is 1. The van der Waals surface area contributed by atoms with Crippen LogP contribution < -0.4 is 10.3 Å². The molecule has 0 saturated carbocycles. The Bertz CT molecular complexity index is 1000. The highest BCUT2D eigenvalue weighted by molar-refractivity contribution is 6.32. The smallest absolute Gasteiger partial charge is 0.264 e. The lowest BCUT2D eigenvalue weighted by atomic mass is 10.1. The molecule has 1 heterocycles. The number of aromatic nitrogens is 2. The number of aromatic amines is 1. The van der Waals surface area contributed by atoms with Gasteiger partial charge in [0, 0.05) is 12.5 Å². The van der Waals surface area contributed by atoms with E-state index in [4.69, 9.17) is 21.6 Å². The van der Waals surface area contributed by atoms with E-state index >= 15 is 0 Å². The van der Waals surface area contributed by atoms with Crippen molar-refractivity contribution in [1.82, 2.24) is 10.2 Å². The molecular formula is C19H14ClN3O2. The molecule has 0 bridgehead atoms. The number of H-pyrrole nitrogens is 1. The Hall–Kier alpha value is -3.10. The summed E-state index contributed by atoms with van der Waals surface area (Å²) in [6.07, 6.45) is 0.529.